The molecule has 0 atom stereocenters. The van der Waals surface area contributed by atoms with E-state index in [2.05, 4.69) is 5.32 Å². The van der Waals surface area contributed by atoms with Crippen molar-refractivity contribution in [2.75, 3.05) is 7.05 Å². The summed E-state index contributed by atoms with van der Waals surface area (Å²) in [4.78, 5) is 21.2. The Morgan fingerprint density at radius 3 is 2.40 bits per heavy atom. The minimum atomic E-state index is -0.466. The Morgan fingerprint density at radius 2 is 1.90 bits per heavy atom. The fraction of sp³-hybridized carbons (Fsp3) is 0.143. The summed E-state index contributed by atoms with van der Waals surface area (Å²) in [6, 6.07) is 0. The summed E-state index contributed by atoms with van der Waals surface area (Å²) in [6.07, 6.45) is 4.11. The Morgan fingerprint density at radius 1 is 1.20 bits per heavy atom. The molecule has 0 bridgehead atoms. The number of carbonyl (C=O) groups excluding carboxylic acids is 2. The molecule has 0 aromatic heterocycles. The standard InChI is InChI=1S/C7H7NO2/c1-8-5-2-3-6(9)7(10)4-5/h2-4,8H,1H3. The summed E-state index contributed by atoms with van der Waals surface area (Å²) >= 11 is 0. The molecule has 0 unspecified atom stereocenters. The zero-order valence-electron chi connectivity index (χ0n) is 5.55. The van der Waals surface area contributed by atoms with Crippen molar-refractivity contribution in [3.05, 3.63) is 23.9 Å². The Hall–Kier alpha value is -1.38. The molecule has 1 aliphatic carbocycles. The molecular weight excluding hydrogens is 130 g/mol. The van der Waals surface area contributed by atoms with Gasteiger partial charge in [0, 0.05) is 18.8 Å². The highest BCUT2D eigenvalue weighted by atomic mass is 16.2. The van der Waals surface area contributed by atoms with Gasteiger partial charge in [-0.3, -0.25) is 9.59 Å². The molecule has 3 heteroatoms. The first-order valence-corrected chi connectivity index (χ1v) is 2.90. The van der Waals surface area contributed by atoms with E-state index in [0.29, 0.717) is 5.70 Å². The van der Waals surface area contributed by atoms with Gasteiger partial charge in [-0.15, -0.1) is 0 Å². The maximum atomic E-state index is 10.6. The third-order valence-electron chi connectivity index (χ3n) is 1.23. The fourth-order valence-corrected chi connectivity index (χ4v) is 0.664. The predicted octanol–water partition coefficient (Wildman–Crippen LogP) is -0.202. The van der Waals surface area contributed by atoms with Crippen LogP contribution in [-0.4, -0.2) is 18.6 Å². The first-order valence-electron chi connectivity index (χ1n) is 2.90. The summed E-state index contributed by atoms with van der Waals surface area (Å²) in [5, 5.41) is 2.76. The van der Waals surface area contributed by atoms with E-state index < -0.39 is 11.6 Å². The third-order valence-corrected chi connectivity index (χ3v) is 1.23. The van der Waals surface area contributed by atoms with Gasteiger partial charge < -0.3 is 5.32 Å². The van der Waals surface area contributed by atoms with E-state index in [0.717, 1.165) is 0 Å². The highest BCUT2D eigenvalue weighted by molar-refractivity contribution is 6.46. The number of nitrogens with one attached hydrogen (secondary N) is 1. The minimum absolute atomic E-state index is 0.459. The normalized spacial score (nSPS) is 17.1. The summed E-state index contributed by atoms with van der Waals surface area (Å²) < 4.78 is 0. The summed E-state index contributed by atoms with van der Waals surface area (Å²) in [5.41, 5.74) is 0.671. The molecule has 0 aromatic rings. The van der Waals surface area contributed by atoms with Gasteiger partial charge in [0.05, 0.1) is 0 Å². The van der Waals surface area contributed by atoms with Crippen LogP contribution in [0.15, 0.2) is 23.9 Å². The Balaban J connectivity index is 2.86. The molecule has 0 fully saturated rings. The van der Waals surface area contributed by atoms with Crippen molar-refractivity contribution in [1.29, 1.82) is 0 Å². The highest BCUT2D eigenvalue weighted by Crippen LogP contribution is 1.99. The van der Waals surface area contributed by atoms with E-state index in [1.165, 1.54) is 12.2 Å². The summed E-state index contributed by atoms with van der Waals surface area (Å²) in [6.45, 7) is 0. The molecule has 52 valence electrons. The van der Waals surface area contributed by atoms with Crippen molar-refractivity contribution >= 4 is 11.6 Å². The third kappa shape index (κ3) is 1.13. The topological polar surface area (TPSA) is 46.2 Å². The second-order valence-corrected chi connectivity index (χ2v) is 1.91. The lowest BCUT2D eigenvalue weighted by atomic mass is 10.1. The Bertz CT molecular complexity index is 238. The molecule has 0 spiro atoms. The van der Waals surface area contributed by atoms with Crippen molar-refractivity contribution in [2.45, 2.75) is 0 Å². The van der Waals surface area contributed by atoms with Gasteiger partial charge >= 0.3 is 0 Å². The zero-order valence-corrected chi connectivity index (χ0v) is 5.55. The van der Waals surface area contributed by atoms with E-state index in [9.17, 15) is 9.59 Å². The van der Waals surface area contributed by atoms with Crippen LogP contribution in [0.25, 0.3) is 0 Å². The Labute approximate surface area is 58.4 Å². The van der Waals surface area contributed by atoms with Crippen molar-refractivity contribution in [3.63, 3.8) is 0 Å². The van der Waals surface area contributed by atoms with Gasteiger partial charge in [-0.2, -0.15) is 0 Å². The first-order chi connectivity index (χ1) is 4.74. The molecule has 0 radical (unpaired) electrons. The van der Waals surface area contributed by atoms with Gasteiger partial charge in [0.25, 0.3) is 0 Å². The molecule has 3 nitrogen and oxygen atoms in total. The van der Waals surface area contributed by atoms with E-state index in [1.807, 2.05) is 0 Å². The van der Waals surface area contributed by atoms with Crippen molar-refractivity contribution < 1.29 is 9.59 Å². The predicted molar refractivity (Wildman–Crippen MR) is 36.3 cm³/mol. The lowest BCUT2D eigenvalue weighted by Gasteiger charge is -2.02. The van der Waals surface area contributed by atoms with Gasteiger partial charge in [-0.25, -0.2) is 0 Å². The first kappa shape index (κ1) is 6.74. The summed E-state index contributed by atoms with van der Waals surface area (Å²) in [5.74, 6) is -0.925. The van der Waals surface area contributed by atoms with Gasteiger partial charge in [-0.1, -0.05) is 0 Å². The number of allylic oxidation sites excluding steroid dienone is 3. The van der Waals surface area contributed by atoms with Crippen molar-refractivity contribution in [3.8, 4) is 0 Å². The maximum absolute atomic E-state index is 10.6. The number of rotatable bonds is 1. The highest BCUT2D eigenvalue weighted by Gasteiger charge is 2.11. The largest absolute Gasteiger partial charge is 0.388 e. The molecule has 0 saturated heterocycles. The van der Waals surface area contributed by atoms with Crippen LogP contribution in [0.1, 0.15) is 0 Å². The molecule has 0 aliphatic heterocycles. The van der Waals surface area contributed by atoms with Crippen LogP contribution < -0.4 is 5.32 Å². The number of likely N-dealkylation sites (N-methyl/N-ethyl adjacent to an activating group) is 1. The SMILES string of the molecule is CNC1=CC(=O)C(=O)C=C1. The smallest absolute Gasteiger partial charge is 0.227 e. The van der Waals surface area contributed by atoms with E-state index in [1.54, 1.807) is 13.1 Å². The van der Waals surface area contributed by atoms with E-state index in [4.69, 9.17) is 0 Å². The number of ketones is 2. The molecule has 10 heavy (non-hydrogen) atoms. The second kappa shape index (κ2) is 2.47. The van der Waals surface area contributed by atoms with Crippen LogP contribution in [0.5, 0.6) is 0 Å². The van der Waals surface area contributed by atoms with Gasteiger partial charge in [0.2, 0.25) is 11.6 Å². The van der Waals surface area contributed by atoms with Crippen LogP contribution in [-0.2, 0) is 9.59 Å². The minimum Gasteiger partial charge on any atom is -0.388 e. The molecule has 0 aromatic carbocycles. The van der Waals surface area contributed by atoms with Crippen LogP contribution in [0.3, 0.4) is 0 Å². The fourth-order valence-electron chi connectivity index (χ4n) is 0.664. The Kier molecular flexibility index (Phi) is 1.67. The number of carbonyl (C=O) groups is 2. The van der Waals surface area contributed by atoms with Crippen LogP contribution in [0.2, 0.25) is 0 Å². The van der Waals surface area contributed by atoms with Gasteiger partial charge in [-0.05, 0) is 12.2 Å². The summed E-state index contributed by atoms with van der Waals surface area (Å²) in [7, 11) is 1.69. The quantitative estimate of drug-likeness (QED) is 0.402. The van der Waals surface area contributed by atoms with Crippen molar-refractivity contribution in [2.24, 2.45) is 0 Å². The van der Waals surface area contributed by atoms with Crippen LogP contribution in [0.4, 0.5) is 0 Å². The maximum Gasteiger partial charge on any atom is 0.227 e. The molecule has 1 aliphatic rings. The van der Waals surface area contributed by atoms with E-state index in [-0.39, 0.29) is 0 Å². The zero-order chi connectivity index (χ0) is 7.56. The lowest BCUT2D eigenvalue weighted by Crippen LogP contribution is -2.16. The number of hydrogen-bond acceptors (Lipinski definition) is 3. The molecule has 0 amide bonds. The van der Waals surface area contributed by atoms with Gasteiger partial charge in [0.15, 0.2) is 0 Å². The molecular formula is C7H7NO2. The monoisotopic (exact) mass is 137 g/mol. The second-order valence-electron chi connectivity index (χ2n) is 1.91. The van der Waals surface area contributed by atoms with Crippen LogP contribution >= 0.6 is 0 Å². The average molecular weight is 137 g/mol. The van der Waals surface area contributed by atoms with Crippen molar-refractivity contribution in [1.82, 2.24) is 5.32 Å². The molecule has 0 saturated carbocycles. The molecule has 1 rings (SSSR count). The van der Waals surface area contributed by atoms with Gasteiger partial charge in [0.1, 0.15) is 0 Å². The van der Waals surface area contributed by atoms with E-state index >= 15 is 0 Å². The lowest BCUT2D eigenvalue weighted by molar-refractivity contribution is -0.131. The number of hydrogen-bond donors (Lipinski definition) is 1. The average Bonchev–Trinajstić information content (AvgIpc) is 1.95. The molecule has 0 heterocycles. The van der Waals surface area contributed by atoms with Crippen LogP contribution in [0, 0.1) is 0 Å². The molecule has 1 N–H and O–H groups in total.